The average molecular weight is 312 g/mol. The Kier molecular flexibility index (Phi) is 3.75. The Morgan fingerprint density at radius 2 is 2.04 bits per heavy atom. The third-order valence-corrected chi connectivity index (χ3v) is 4.94. The van der Waals surface area contributed by atoms with Gasteiger partial charge in [-0.25, -0.2) is 9.97 Å². The standard InChI is InChI=1S/C18H20N2O3/c21-15-8-14(23-17-6-7-19-12-20-17)9-18(15)10-16(18)22-11-13-4-2-1-3-5-13/h1-7,12,14-16,21H,8-11H2/t14-,15-,16?,18+/m0/s1. The Morgan fingerprint density at radius 3 is 2.83 bits per heavy atom. The molecule has 1 spiro atoms. The Hall–Kier alpha value is -1.98. The zero-order chi connectivity index (χ0) is 15.7. The predicted molar refractivity (Wildman–Crippen MR) is 83.8 cm³/mol. The second kappa shape index (κ2) is 5.91. The van der Waals surface area contributed by atoms with Crippen molar-refractivity contribution in [2.75, 3.05) is 0 Å². The smallest absolute Gasteiger partial charge is 0.216 e. The van der Waals surface area contributed by atoms with Gasteiger partial charge < -0.3 is 14.6 Å². The fourth-order valence-electron chi connectivity index (χ4n) is 3.58. The van der Waals surface area contributed by atoms with Crippen LogP contribution >= 0.6 is 0 Å². The van der Waals surface area contributed by atoms with Gasteiger partial charge in [0.15, 0.2) is 0 Å². The van der Waals surface area contributed by atoms with Crippen LogP contribution in [0.5, 0.6) is 5.88 Å². The van der Waals surface area contributed by atoms with E-state index in [-0.39, 0.29) is 23.7 Å². The quantitative estimate of drug-likeness (QED) is 0.918. The molecule has 2 aliphatic rings. The molecule has 1 unspecified atom stereocenters. The molecule has 0 radical (unpaired) electrons. The Bertz CT molecular complexity index is 652. The minimum Gasteiger partial charge on any atom is -0.474 e. The van der Waals surface area contributed by atoms with Crippen LogP contribution in [-0.4, -0.2) is 33.4 Å². The van der Waals surface area contributed by atoms with Crippen LogP contribution in [0.4, 0.5) is 0 Å². The van der Waals surface area contributed by atoms with Crippen molar-refractivity contribution in [2.24, 2.45) is 5.41 Å². The molecule has 5 nitrogen and oxygen atoms in total. The minimum absolute atomic E-state index is 0.00905. The van der Waals surface area contributed by atoms with Crippen LogP contribution in [0.25, 0.3) is 0 Å². The van der Waals surface area contributed by atoms with Crippen LogP contribution in [0.2, 0.25) is 0 Å². The molecule has 1 heterocycles. The summed E-state index contributed by atoms with van der Waals surface area (Å²) in [6.45, 7) is 0.595. The maximum Gasteiger partial charge on any atom is 0.216 e. The summed E-state index contributed by atoms with van der Waals surface area (Å²) in [5, 5.41) is 10.4. The van der Waals surface area contributed by atoms with Gasteiger partial charge in [-0.15, -0.1) is 0 Å². The van der Waals surface area contributed by atoms with Crippen molar-refractivity contribution in [3.63, 3.8) is 0 Å². The molecule has 5 heteroatoms. The van der Waals surface area contributed by atoms with Gasteiger partial charge in [0.25, 0.3) is 0 Å². The molecule has 0 aliphatic heterocycles. The topological polar surface area (TPSA) is 64.5 Å². The minimum atomic E-state index is -0.366. The molecule has 1 aromatic heterocycles. The van der Waals surface area contributed by atoms with Crippen molar-refractivity contribution in [1.29, 1.82) is 0 Å². The van der Waals surface area contributed by atoms with Crippen LogP contribution in [0.3, 0.4) is 0 Å². The number of ether oxygens (including phenoxy) is 2. The summed E-state index contributed by atoms with van der Waals surface area (Å²) in [7, 11) is 0. The fraction of sp³-hybridized carbons (Fsp3) is 0.444. The first-order chi connectivity index (χ1) is 11.3. The van der Waals surface area contributed by atoms with Crippen LogP contribution in [-0.2, 0) is 11.3 Å². The molecule has 4 atom stereocenters. The van der Waals surface area contributed by atoms with Gasteiger partial charge in [0.2, 0.25) is 5.88 Å². The molecule has 2 aromatic rings. The number of hydrogen-bond acceptors (Lipinski definition) is 5. The van der Waals surface area contributed by atoms with Crippen LogP contribution in [0, 0.1) is 5.41 Å². The van der Waals surface area contributed by atoms with Crippen molar-refractivity contribution < 1.29 is 14.6 Å². The number of rotatable bonds is 5. The molecule has 2 fully saturated rings. The molecular formula is C18H20N2O3. The fourth-order valence-corrected chi connectivity index (χ4v) is 3.58. The van der Waals surface area contributed by atoms with E-state index in [4.69, 9.17) is 9.47 Å². The number of aromatic nitrogens is 2. The molecule has 0 amide bonds. The highest BCUT2D eigenvalue weighted by Crippen LogP contribution is 2.60. The highest BCUT2D eigenvalue weighted by atomic mass is 16.5. The number of nitrogens with zero attached hydrogens (tertiary/aromatic N) is 2. The lowest BCUT2D eigenvalue weighted by molar-refractivity contribution is 0.0340. The molecule has 0 bridgehead atoms. The Morgan fingerprint density at radius 1 is 1.17 bits per heavy atom. The third-order valence-electron chi connectivity index (χ3n) is 4.94. The van der Waals surface area contributed by atoms with Gasteiger partial charge in [-0.05, 0) is 18.4 Å². The Balaban J connectivity index is 1.33. The number of hydrogen-bond donors (Lipinski definition) is 1. The molecular weight excluding hydrogens is 292 g/mol. The molecule has 2 saturated carbocycles. The van der Waals surface area contributed by atoms with Gasteiger partial charge in [0, 0.05) is 24.1 Å². The largest absolute Gasteiger partial charge is 0.474 e. The van der Waals surface area contributed by atoms with Crippen molar-refractivity contribution in [3.8, 4) is 5.88 Å². The van der Waals surface area contributed by atoms with Gasteiger partial charge in [0.1, 0.15) is 12.4 Å². The van der Waals surface area contributed by atoms with Crippen LogP contribution in [0.15, 0.2) is 48.9 Å². The summed E-state index contributed by atoms with van der Waals surface area (Å²) < 4.78 is 11.9. The lowest BCUT2D eigenvalue weighted by Crippen LogP contribution is -2.19. The third kappa shape index (κ3) is 2.94. The van der Waals surface area contributed by atoms with E-state index in [0.29, 0.717) is 18.9 Å². The summed E-state index contributed by atoms with van der Waals surface area (Å²) in [6.07, 6.45) is 5.24. The molecule has 0 saturated heterocycles. The average Bonchev–Trinajstić information content (AvgIpc) is 3.19. The van der Waals surface area contributed by atoms with Gasteiger partial charge >= 0.3 is 0 Å². The van der Waals surface area contributed by atoms with Crippen LogP contribution in [0.1, 0.15) is 24.8 Å². The molecule has 2 aliphatic carbocycles. The zero-order valence-electron chi connectivity index (χ0n) is 12.8. The van der Waals surface area contributed by atoms with E-state index in [1.54, 1.807) is 12.3 Å². The first-order valence-corrected chi connectivity index (χ1v) is 8.02. The summed E-state index contributed by atoms with van der Waals surface area (Å²) >= 11 is 0. The van der Waals surface area contributed by atoms with Gasteiger partial charge in [-0.2, -0.15) is 0 Å². The molecule has 120 valence electrons. The van der Waals surface area contributed by atoms with E-state index in [1.165, 1.54) is 6.33 Å². The SMILES string of the molecule is O[C@H]1C[C@H](Oc2ccncn2)C[C@@]12CC2OCc1ccccc1. The molecule has 1 aromatic carbocycles. The van der Waals surface area contributed by atoms with Crippen molar-refractivity contribution >= 4 is 0 Å². The van der Waals surface area contributed by atoms with E-state index in [2.05, 4.69) is 22.1 Å². The van der Waals surface area contributed by atoms with E-state index in [9.17, 15) is 5.11 Å². The van der Waals surface area contributed by atoms with E-state index in [1.807, 2.05) is 18.2 Å². The zero-order valence-corrected chi connectivity index (χ0v) is 12.8. The normalized spacial score (nSPS) is 32.1. The van der Waals surface area contributed by atoms with Crippen molar-refractivity contribution in [1.82, 2.24) is 9.97 Å². The lowest BCUT2D eigenvalue weighted by Gasteiger charge is -2.14. The van der Waals surface area contributed by atoms with Gasteiger partial charge in [-0.1, -0.05) is 30.3 Å². The second-order valence-corrected chi connectivity index (χ2v) is 6.47. The summed E-state index contributed by atoms with van der Waals surface area (Å²) in [4.78, 5) is 7.96. The van der Waals surface area contributed by atoms with Crippen LogP contribution < -0.4 is 4.74 Å². The summed E-state index contributed by atoms with van der Waals surface area (Å²) in [6, 6.07) is 11.9. The summed E-state index contributed by atoms with van der Waals surface area (Å²) in [5.41, 5.74) is 1.03. The second-order valence-electron chi connectivity index (χ2n) is 6.47. The molecule has 1 N–H and O–H groups in total. The molecule has 4 rings (SSSR count). The Labute approximate surface area is 135 Å². The maximum atomic E-state index is 10.4. The van der Waals surface area contributed by atoms with Crippen molar-refractivity contribution in [2.45, 2.75) is 44.2 Å². The van der Waals surface area contributed by atoms with E-state index < -0.39 is 0 Å². The lowest BCUT2D eigenvalue weighted by atomic mass is 10.0. The summed E-state index contributed by atoms with van der Waals surface area (Å²) in [5.74, 6) is 0.566. The first-order valence-electron chi connectivity index (χ1n) is 8.02. The first kappa shape index (κ1) is 14.6. The number of aliphatic hydroxyl groups is 1. The highest BCUT2D eigenvalue weighted by molar-refractivity contribution is 5.17. The predicted octanol–water partition coefficient (Wildman–Crippen LogP) is 2.35. The van der Waals surface area contributed by atoms with Crippen molar-refractivity contribution in [3.05, 3.63) is 54.5 Å². The number of benzene rings is 1. The maximum absolute atomic E-state index is 10.4. The molecule has 23 heavy (non-hydrogen) atoms. The number of aliphatic hydroxyl groups excluding tert-OH is 1. The monoisotopic (exact) mass is 312 g/mol. The highest BCUT2D eigenvalue weighted by Gasteiger charge is 2.64. The van der Waals surface area contributed by atoms with Gasteiger partial charge in [0.05, 0.1) is 18.8 Å². The van der Waals surface area contributed by atoms with Gasteiger partial charge in [-0.3, -0.25) is 0 Å². The van der Waals surface area contributed by atoms with E-state index in [0.717, 1.165) is 18.4 Å². The van der Waals surface area contributed by atoms with E-state index >= 15 is 0 Å².